The van der Waals surface area contributed by atoms with E-state index in [0.29, 0.717) is 0 Å². The van der Waals surface area contributed by atoms with Crippen LogP contribution in [0.5, 0.6) is 5.75 Å². The van der Waals surface area contributed by atoms with E-state index < -0.39 is 0 Å². The van der Waals surface area contributed by atoms with Crippen LogP contribution in [0.4, 0.5) is 0 Å². The lowest BCUT2D eigenvalue weighted by molar-refractivity contribution is 0.407. The second-order valence-corrected chi connectivity index (χ2v) is 5.48. The van der Waals surface area contributed by atoms with E-state index in [1.807, 2.05) is 24.3 Å². The van der Waals surface area contributed by atoms with Gasteiger partial charge in [0.1, 0.15) is 5.75 Å². The van der Waals surface area contributed by atoms with Crippen LogP contribution in [0.2, 0.25) is 0 Å². The molecule has 0 radical (unpaired) electrons. The van der Waals surface area contributed by atoms with Crippen molar-refractivity contribution in [2.24, 2.45) is 0 Å². The van der Waals surface area contributed by atoms with E-state index in [0.717, 1.165) is 18.8 Å². The maximum Gasteiger partial charge on any atom is 0.123 e. The molecule has 116 valence electrons. The maximum absolute atomic E-state index is 5.37. The van der Waals surface area contributed by atoms with E-state index >= 15 is 0 Å². The van der Waals surface area contributed by atoms with E-state index in [1.165, 1.54) is 22.3 Å². The summed E-state index contributed by atoms with van der Waals surface area (Å²) in [6.45, 7) is 1.64. The lowest BCUT2D eigenvalue weighted by atomic mass is 10.0. The summed E-state index contributed by atoms with van der Waals surface area (Å²) in [5, 5.41) is 3.47. The summed E-state index contributed by atoms with van der Waals surface area (Å²) >= 11 is 0. The van der Waals surface area contributed by atoms with E-state index in [2.05, 4.69) is 59.9 Å². The fraction of sp³-hybridized carbons (Fsp3) is 0.143. The molecule has 0 aromatic heterocycles. The van der Waals surface area contributed by atoms with Crippen LogP contribution in [0, 0.1) is 0 Å². The number of hydrogen-bond acceptors (Lipinski definition) is 2. The van der Waals surface area contributed by atoms with Gasteiger partial charge in [0.2, 0.25) is 0 Å². The number of benzene rings is 3. The summed E-state index contributed by atoms with van der Waals surface area (Å²) in [6, 6.07) is 27.3. The SMILES string of the molecule is COc1ccccc1CNCc1ccc(-c2ccccc2)cc1. The normalized spacial score (nSPS) is 10.5. The molecule has 0 saturated carbocycles. The number of ether oxygens (including phenoxy) is 1. The lowest BCUT2D eigenvalue weighted by Crippen LogP contribution is -2.13. The van der Waals surface area contributed by atoms with Gasteiger partial charge >= 0.3 is 0 Å². The predicted molar refractivity (Wildman–Crippen MR) is 95.4 cm³/mol. The molecule has 0 unspecified atom stereocenters. The van der Waals surface area contributed by atoms with Crippen molar-refractivity contribution in [2.45, 2.75) is 13.1 Å². The van der Waals surface area contributed by atoms with Crippen molar-refractivity contribution in [1.82, 2.24) is 5.32 Å². The summed E-state index contributed by atoms with van der Waals surface area (Å²) in [5.74, 6) is 0.930. The first kappa shape index (κ1) is 15.3. The van der Waals surface area contributed by atoms with Crippen LogP contribution in [0.15, 0.2) is 78.9 Å². The molecule has 3 aromatic rings. The Balaban J connectivity index is 1.59. The molecule has 0 aliphatic carbocycles. The third kappa shape index (κ3) is 3.99. The quantitative estimate of drug-likeness (QED) is 0.715. The molecule has 0 atom stereocenters. The zero-order valence-corrected chi connectivity index (χ0v) is 13.3. The Morgan fingerprint density at radius 3 is 2.09 bits per heavy atom. The van der Waals surface area contributed by atoms with E-state index in [4.69, 9.17) is 4.74 Å². The topological polar surface area (TPSA) is 21.3 Å². The van der Waals surface area contributed by atoms with Gasteiger partial charge in [-0.2, -0.15) is 0 Å². The van der Waals surface area contributed by atoms with Crippen molar-refractivity contribution >= 4 is 0 Å². The fourth-order valence-corrected chi connectivity index (χ4v) is 2.64. The molecule has 1 N–H and O–H groups in total. The molecule has 0 aliphatic rings. The Bertz CT molecular complexity index is 735. The molecule has 3 aromatic carbocycles. The molecule has 0 bridgehead atoms. The Morgan fingerprint density at radius 2 is 1.35 bits per heavy atom. The Morgan fingerprint density at radius 1 is 0.696 bits per heavy atom. The average molecular weight is 303 g/mol. The monoisotopic (exact) mass is 303 g/mol. The highest BCUT2D eigenvalue weighted by Gasteiger charge is 2.01. The first-order valence-corrected chi connectivity index (χ1v) is 7.84. The fourth-order valence-electron chi connectivity index (χ4n) is 2.64. The minimum atomic E-state index is 0.796. The molecule has 0 heterocycles. The predicted octanol–water partition coefficient (Wildman–Crippen LogP) is 4.65. The smallest absolute Gasteiger partial charge is 0.123 e. The molecule has 0 fully saturated rings. The van der Waals surface area contributed by atoms with E-state index in [-0.39, 0.29) is 0 Å². The molecule has 2 nitrogen and oxygen atoms in total. The van der Waals surface area contributed by atoms with E-state index in [9.17, 15) is 0 Å². The van der Waals surface area contributed by atoms with Crippen molar-refractivity contribution in [2.75, 3.05) is 7.11 Å². The number of para-hydroxylation sites is 1. The largest absolute Gasteiger partial charge is 0.496 e. The molecule has 0 aliphatic heterocycles. The Kier molecular flexibility index (Phi) is 5.07. The molecular weight excluding hydrogens is 282 g/mol. The second kappa shape index (κ2) is 7.61. The lowest BCUT2D eigenvalue weighted by Gasteiger charge is -2.10. The van der Waals surface area contributed by atoms with Crippen LogP contribution < -0.4 is 10.1 Å². The van der Waals surface area contributed by atoms with Gasteiger partial charge in [0.15, 0.2) is 0 Å². The summed E-state index contributed by atoms with van der Waals surface area (Å²) < 4.78 is 5.37. The van der Waals surface area contributed by atoms with E-state index in [1.54, 1.807) is 7.11 Å². The summed E-state index contributed by atoms with van der Waals surface area (Å²) in [6.07, 6.45) is 0. The van der Waals surface area contributed by atoms with Gasteiger partial charge in [0.25, 0.3) is 0 Å². The summed E-state index contributed by atoms with van der Waals surface area (Å²) in [4.78, 5) is 0. The van der Waals surface area contributed by atoms with Gasteiger partial charge in [0.05, 0.1) is 7.11 Å². The first-order valence-electron chi connectivity index (χ1n) is 7.84. The number of hydrogen-bond donors (Lipinski definition) is 1. The van der Waals surface area contributed by atoms with Gasteiger partial charge in [-0.1, -0.05) is 72.8 Å². The van der Waals surface area contributed by atoms with Crippen LogP contribution in [0.25, 0.3) is 11.1 Å². The van der Waals surface area contributed by atoms with Crippen molar-refractivity contribution in [3.8, 4) is 16.9 Å². The Hall–Kier alpha value is -2.58. The number of rotatable bonds is 6. The zero-order chi connectivity index (χ0) is 15.9. The first-order chi connectivity index (χ1) is 11.4. The highest BCUT2D eigenvalue weighted by atomic mass is 16.5. The maximum atomic E-state index is 5.37. The molecular formula is C21H21NO. The number of methoxy groups -OCH3 is 1. The van der Waals surface area contributed by atoms with Gasteiger partial charge in [-0.05, 0) is 22.8 Å². The van der Waals surface area contributed by atoms with Crippen LogP contribution in [0.3, 0.4) is 0 Å². The third-order valence-electron chi connectivity index (χ3n) is 3.90. The third-order valence-corrected chi connectivity index (χ3v) is 3.90. The molecule has 3 rings (SSSR count). The minimum Gasteiger partial charge on any atom is -0.496 e. The molecule has 0 saturated heterocycles. The van der Waals surface area contributed by atoms with Gasteiger partial charge in [-0.3, -0.25) is 0 Å². The van der Waals surface area contributed by atoms with Gasteiger partial charge in [0, 0.05) is 18.7 Å². The molecule has 2 heteroatoms. The van der Waals surface area contributed by atoms with Gasteiger partial charge in [-0.15, -0.1) is 0 Å². The van der Waals surface area contributed by atoms with Crippen molar-refractivity contribution in [3.63, 3.8) is 0 Å². The Labute approximate surface area is 137 Å². The highest BCUT2D eigenvalue weighted by molar-refractivity contribution is 5.63. The number of nitrogens with one attached hydrogen (secondary N) is 1. The van der Waals surface area contributed by atoms with Crippen LogP contribution in [-0.4, -0.2) is 7.11 Å². The highest BCUT2D eigenvalue weighted by Crippen LogP contribution is 2.20. The van der Waals surface area contributed by atoms with Crippen LogP contribution in [-0.2, 0) is 13.1 Å². The molecule has 0 amide bonds. The second-order valence-electron chi connectivity index (χ2n) is 5.48. The van der Waals surface area contributed by atoms with Gasteiger partial charge < -0.3 is 10.1 Å². The summed E-state index contributed by atoms with van der Waals surface area (Å²) in [7, 11) is 1.71. The zero-order valence-electron chi connectivity index (χ0n) is 13.3. The molecule has 0 spiro atoms. The standard InChI is InChI=1S/C21H21NO/c1-23-21-10-6-5-9-20(21)16-22-15-17-11-13-19(14-12-17)18-7-3-2-4-8-18/h2-14,22H,15-16H2,1H3. The van der Waals surface area contributed by atoms with Crippen LogP contribution >= 0.6 is 0 Å². The van der Waals surface area contributed by atoms with Gasteiger partial charge in [-0.25, -0.2) is 0 Å². The van der Waals surface area contributed by atoms with Crippen molar-refractivity contribution in [1.29, 1.82) is 0 Å². The molecule has 23 heavy (non-hydrogen) atoms. The summed E-state index contributed by atoms with van der Waals surface area (Å²) in [5.41, 5.74) is 4.95. The van der Waals surface area contributed by atoms with Crippen molar-refractivity contribution < 1.29 is 4.74 Å². The minimum absolute atomic E-state index is 0.796. The van der Waals surface area contributed by atoms with Crippen molar-refractivity contribution in [3.05, 3.63) is 90.0 Å². The van der Waals surface area contributed by atoms with Crippen LogP contribution in [0.1, 0.15) is 11.1 Å². The average Bonchev–Trinajstić information content (AvgIpc) is 2.63.